The SMILES string of the molecule is O=c1[nH]cnc2c1C1NC=C(Br)C=C1N2. The largest absolute Gasteiger partial charge is 0.378 e. The number of aromatic amines is 1. The lowest BCUT2D eigenvalue weighted by Gasteiger charge is -2.16. The van der Waals surface area contributed by atoms with Crippen molar-refractivity contribution in [2.24, 2.45) is 0 Å². The van der Waals surface area contributed by atoms with E-state index in [1.807, 2.05) is 12.3 Å². The van der Waals surface area contributed by atoms with Crippen molar-refractivity contribution >= 4 is 21.7 Å². The molecule has 3 N–H and O–H groups in total. The molecule has 0 spiro atoms. The highest BCUT2D eigenvalue weighted by atomic mass is 79.9. The molecule has 0 fully saturated rings. The van der Waals surface area contributed by atoms with Crippen molar-refractivity contribution in [1.82, 2.24) is 15.3 Å². The summed E-state index contributed by atoms with van der Waals surface area (Å²) in [5.74, 6) is 0.623. The molecule has 15 heavy (non-hydrogen) atoms. The Balaban J connectivity index is 2.18. The van der Waals surface area contributed by atoms with Crippen LogP contribution >= 0.6 is 15.9 Å². The van der Waals surface area contributed by atoms with E-state index in [0.29, 0.717) is 11.4 Å². The van der Waals surface area contributed by atoms with Gasteiger partial charge in [-0.2, -0.15) is 0 Å². The van der Waals surface area contributed by atoms with Crippen LogP contribution in [0.5, 0.6) is 0 Å². The van der Waals surface area contributed by atoms with Gasteiger partial charge in [0.2, 0.25) is 0 Å². The normalized spacial score (nSPS) is 21.8. The lowest BCUT2D eigenvalue weighted by Crippen LogP contribution is -2.24. The Kier molecular flexibility index (Phi) is 1.72. The maximum Gasteiger partial charge on any atom is 0.258 e. The predicted octanol–water partition coefficient (Wildman–Crippen LogP) is 0.960. The summed E-state index contributed by atoms with van der Waals surface area (Å²) in [6.45, 7) is 0. The van der Waals surface area contributed by atoms with E-state index in [2.05, 4.69) is 36.5 Å². The minimum atomic E-state index is -0.112. The Morgan fingerprint density at radius 2 is 2.33 bits per heavy atom. The summed E-state index contributed by atoms with van der Waals surface area (Å²) in [5, 5.41) is 6.23. The number of nitrogens with zero attached hydrogens (tertiary/aromatic N) is 1. The van der Waals surface area contributed by atoms with Gasteiger partial charge in [0.15, 0.2) is 0 Å². The molecule has 0 saturated carbocycles. The Bertz CT molecular complexity index is 545. The molecule has 0 bridgehead atoms. The topological polar surface area (TPSA) is 69.8 Å². The fourth-order valence-corrected chi connectivity index (χ4v) is 2.17. The first kappa shape index (κ1) is 8.72. The summed E-state index contributed by atoms with van der Waals surface area (Å²) >= 11 is 3.36. The van der Waals surface area contributed by atoms with Gasteiger partial charge in [0, 0.05) is 16.4 Å². The predicted molar refractivity (Wildman–Crippen MR) is 59.5 cm³/mol. The molecular formula is C9H7BrN4O. The van der Waals surface area contributed by atoms with Gasteiger partial charge in [-0.15, -0.1) is 0 Å². The van der Waals surface area contributed by atoms with Crippen molar-refractivity contribution in [3.05, 3.63) is 44.7 Å². The highest BCUT2D eigenvalue weighted by Crippen LogP contribution is 2.35. The number of anilines is 1. The summed E-state index contributed by atoms with van der Waals surface area (Å²) in [5.41, 5.74) is 1.46. The molecule has 0 aliphatic carbocycles. The number of aromatic nitrogens is 2. The van der Waals surface area contributed by atoms with Crippen LogP contribution in [0, 0.1) is 0 Å². The molecule has 2 aliphatic heterocycles. The van der Waals surface area contributed by atoms with Crippen molar-refractivity contribution in [3.63, 3.8) is 0 Å². The van der Waals surface area contributed by atoms with E-state index in [-0.39, 0.29) is 11.6 Å². The Labute approximate surface area is 93.4 Å². The van der Waals surface area contributed by atoms with Crippen LogP contribution in [0.15, 0.2) is 33.6 Å². The van der Waals surface area contributed by atoms with Gasteiger partial charge >= 0.3 is 0 Å². The maximum absolute atomic E-state index is 11.6. The van der Waals surface area contributed by atoms with Crippen LogP contribution in [0.1, 0.15) is 11.6 Å². The number of H-pyrrole nitrogens is 1. The van der Waals surface area contributed by atoms with Crippen LogP contribution in [0.2, 0.25) is 0 Å². The first-order chi connectivity index (χ1) is 7.25. The number of rotatable bonds is 0. The molecule has 2 aliphatic rings. The standard InChI is InChI=1S/C9H7BrN4O/c10-4-1-5-7(11-2-4)6-8(14-5)12-3-13-9(6)15/h1-3,7,11H,(H2,12,13,14,15). The average Bonchev–Trinajstić information content (AvgIpc) is 2.56. The highest BCUT2D eigenvalue weighted by Gasteiger charge is 2.31. The van der Waals surface area contributed by atoms with Crippen LogP contribution in [0.3, 0.4) is 0 Å². The Hall–Kier alpha value is -1.56. The van der Waals surface area contributed by atoms with Crippen molar-refractivity contribution in [2.45, 2.75) is 6.04 Å². The molecule has 0 radical (unpaired) electrons. The van der Waals surface area contributed by atoms with Gasteiger partial charge in [-0.25, -0.2) is 4.98 Å². The molecule has 0 amide bonds. The van der Waals surface area contributed by atoms with Gasteiger partial charge in [-0.05, 0) is 22.0 Å². The van der Waals surface area contributed by atoms with E-state index in [9.17, 15) is 4.79 Å². The molecule has 1 aromatic heterocycles. The zero-order chi connectivity index (χ0) is 10.4. The number of nitrogens with one attached hydrogen (secondary N) is 3. The van der Waals surface area contributed by atoms with Gasteiger partial charge in [0.05, 0.1) is 11.9 Å². The van der Waals surface area contributed by atoms with Gasteiger partial charge < -0.3 is 15.6 Å². The van der Waals surface area contributed by atoms with E-state index in [0.717, 1.165) is 10.2 Å². The van der Waals surface area contributed by atoms with E-state index in [4.69, 9.17) is 0 Å². The summed E-state index contributed by atoms with van der Waals surface area (Å²) in [6, 6.07) is -0.112. The second-order valence-electron chi connectivity index (χ2n) is 3.35. The van der Waals surface area contributed by atoms with Crippen LogP contribution in [0.25, 0.3) is 0 Å². The van der Waals surface area contributed by atoms with E-state index < -0.39 is 0 Å². The van der Waals surface area contributed by atoms with E-state index in [1.165, 1.54) is 6.33 Å². The third-order valence-corrected chi connectivity index (χ3v) is 2.89. The fraction of sp³-hybridized carbons (Fsp3) is 0.111. The van der Waals surface area contributed by atoms with Crippen molar-refractivity contribution in [1.29, 1.82) is 0 Å². The average molecular weight is 267 g/mol. The minimum Gasteiger partial charge on any atom is -0.378 e. The number of hydrogen-bond donors (Lipinski definition) is 3. The van der Waals surface area contributed by atoms with Gasteiger partial charge in [-0.1, -0.05) is 0 Å². The molecule has 5 nitrogen and oxygen atoms in total. The zero-order valence-electron chi connectivity index (χ0n) is 7.54. The van der Waals surface area contributed by atoms with E-state index in [1.54, 1.807) is 0 Å². The smallest absolute Gasteiger partial charge is 0.258 e. The van der Waals surface area contributed by atoms with Gasteiger partial charge in [-0.3, -0.25) is 4.79 Å². The zero-order valence-corrected chi connectivity index (χ0v) is 9.13. The summed E-state index contributed by atoms with van der Waals surface area (Å²) < 4.78 is 0.936. The van der Waals surface area contributed by atoms with Crippen molar-refractivity contribution < 1.29 is 0 Å². The molecule has 3 heterocycles. The quantitative estimate of drug-likeness (QED) is 0.654. The van der Waals surface area contributed by atoms with Gasteiger partial charge in [0.1, 0.15) is 11.9 Å². The van der Waals surface area contributed by atoms with Gasteiger partial charge in [0.25, 0.3) is 5.56 Å². The molecule has 0 saturated heterocycles. The Morgan fingerprint density at radius 3 is 3.20 bits per heavy atom. The molecular weight excluding hydrogens is 260 g/mol. The fourth-order valence-electron chi connectivity index (χ4n) is 1.79. The van der Waals surface area contributed by atoms with Crippen LogP contribution in [0.4, 0.5) is 5.82 Å². The molecule has 76 valence electrons. The lowest BCUT2D eigenvalue weighted by atomic mass is 10.1. The summed E-state index contributed by atoms with van der Waals surface area (Å²) in [6.07, 6.45) is 5.15. The summed E-state index contributed by atoms with van der Waals surface area (Å²) in [7, 11) is 0. The monoisotopic (exact) mass is 266 g/mol. The second-order valence-corrected chi connectivity index (χ2v) is 4.26. The van der Waals surface area contributed by atoms with Crippen LogP contribution in [-0.4, -0.2) is 9.97 Å². The molecule has 1 aromatic rings. The minimum absolute atomic E-state index is 0.111. The lowest BCUT2D eigenvalue weighted by molar-refractivity contribution is 0.720. The second kappa shape index (κ2) is 2.96. The molecule has 3 rings (SSSR count). The Morgan fingerprint density at radius 1 is 1.47 bits per heavy atom. The van der Waals surface area contributed by atoms with E-state index >= 15 is 0 Å². The number of allylic oxidation sites excluding steroid dienone is 2. The number of halogens is 1. The molecule has 6 heteroatoms. The highest BCUT2D eigenvalue weighted by molar-refractivity contribution is 9.11. The first-order valence-electron chi connectivity index (χ1n) is 4.43. The molecule has 1 unspecified atom stereocenters. The van der Waals surface area contributed by atoms with Crippen molar-refractivity contribution in [3.8, 4) is 0 Å². The maximum atomic E-state index is 11.6. The number of hydrogen-bond acceptors (Lipinski definition) is 4. The summed E-state index contributed by atoms with van der Waals surface area (Å²) in [4.78, 5) is 18.3. The number of fused-ring (bicyclic) bond motifs is 3. The third kappa shape index (κ3) is 1.21. The number of dihydropyridines is 1. The van der Waals surface area contributed by atoms with Crippen LogP contribution in [-0.2, 0) is 0 Å². The first-order valence-corrected chi connectivity index (χ1v) is 5.23. The molecule has 1 atom stereocenters. The third-order valence-electron chi connectivity index (χ3n) is 2.43. The van der Waals surface area contributed by atoms with Crippen LogP contribution < -0.4 is 16.2 Å². The van der Waals surface area contributed by atoms with Crippen molar-refractivity contribution in [2.75, 3.05) is 5.32 Å². The molecule has 0 aromatic carbocycles.